The van der Waals surface area contributed by atoms with E-state index in [0.29, 0.717) is 23.1 Å². The number of aromatic nitrogens is 2. The van der Waals surface area contributed by atoms with Crippen LogP contribution in [0.15, 0.2) is 82.4 Å². The highest BCUT2D eigenvalue weighted by atomic mass is 16.2. The normalized spacial score (nSPS) is 11.9. The Bertz CT molecular complexity index is 1350. The highest BCUT2D eigenvalue weighted by molar-refractivity contribution is 5.97. The largest absolute Gasteiger partial charge is 0.346 e. The maximum atomic E-state index is 12.8. The molecule has 6 nitrogen and oxygen atoms in total. The SMILES string of the molecule is CCn1c(=O)c(=O)[nH]c2cc(C(=O)N[C@@H](C)c3ccc(-c4ccccc4)cc3)ccc21. The number of aryl methyl sites for hydroxylation is 1. The Labute approximate surface area is 179 Å². The Hall–Kier alpha value is -3.93. The van der Waals surface area contributed by atoms with Crippen molar-refractivity contribution in [3.05, 3.63) is 105 Å². The van der Waals surface area contributed by atoms with Crippen molar-refractivity contribution in [1.82, 2.24) is 14.9 Å². The fourth-order valence-corrected chi connectivity index (χ4v) is 3.69. The number of rotatable bonds is 5. The maximum Gasteiger partial charge on any atom is 0.316 e. The molecule has 3 aromatic carbocycles. The lowest BCUT2D eigenvalue weighted by atomic mass is 10.0. The van der Waals surface area contributed by atoms with Crippen LogP contribution in [0.1, 0.15) is 35.8 Å². The molecule has 156 valence electrons. The van der Waals surface area contributed by atoms with Crippen molar-refractivity contribution in [1.29, 1.82) is 0 Å². The van der Waals surface area contributed by atoms with E-state index in [1.165, 1.54) is 4.57 Å². The van der Waals surface area contributed by atoms with Crippen LogP contribution in [0.3, 0.4) is 0 Å². The molecule has 0 aliphatic heterocycles. The molecular formula is C25H23N3O3. The fraction of sp³-hybridized carbons (Fsp3) is 0.160. The van der Waals surface area contributed by atoms with E-state index in [9.17, 15) is 14.4 Å². The molecule has 0 bridgehead atoms. The van der Waals surface area contributed by atoms with Crippen molar-refractivity contribution in [2.24, 2.45) is 0 Å². The van der Waals surface area contributed by atoms with Gasteiger partial charge in [0.25, 0.3) is 5.91 Å². The number of amides is 1. The number of benzene rings is 3. The van der Waals surface area contributed by atoms with Crippen LogP contribution in [0.4, 0.5) is 0 Å². The molecule has 0 aliphatic rings. The first-order valence-corrected chi connectivity index (χ1v) is 10.2. The number of nitrogens with zero attached hydrogens (tertiary/aromatic N) is 1. The zero-order chi connectivity index (χ0) is 22.0. The molecule has 31 heavy (non-hydrogen) atoms. The fourth-order valence-electron chi connectivity index (χ4n) is 3.69. The molecule has 0 saturated carbocycles. The number of nitrogens with one attached hydrogen (secondary N) is 2. The quantitative estimate of drug-likeness (QED) is 0.487. The van der Waals surface area contributed by atoms with E-state index < -0.39 is 11.1 Å². The Kier molecular flexibility index (Phi) is 5.54. The average Bonchev–Trinajstić information content (AvgIpc) is 2.80. The van der Waals surface area contributed by atoms with E-state index in [1.54, 1.807) is 25.1 Å². The Morgan fingerprint density at radius 2 is 1.65 bits per heavy atom. The van der Waals surface area contributed by atoms with Gasteiger partial charge in [-0.1, -0.05) is 54.6 Å². The number of H-pyrrole nitrogens is 1. The molecule has 1 heterocycles. The van der Waals surface area contributed by atoms with Gasteiger partial charge >= 0.3 is 11.1 Å². The summed E-state index contributed by atoms with van der Waals surface area (Å²) < 4.78 is 1.40. The van der Waals surface area contributed by atoms with Gasteiger partial charge in [-0.2, -0.15) is 0 Å². The standard InChI is InChI=1S/C25H23N3O3/c1-3-28-22-14-13-20(15-21(22)27-24(30)25(28)31)23(29)26-16(2)17-9-11-19(12-10-17)18-7-5-4-6-8-18/h4-16H,3H2,1-2H3,(H,26,29)(H,27,30)/t16-/m0/s1. The summed E-state index contributed by atoms with van der Waals surface area (Å²) in [7, 11) is 0. The minimum Gasteiger partial charge on any atom is -0.346 e. The molecule has 0 spiro atoms. The highest BCUT2D eigenvalue weighted by Crippen LogP contribution is 2.22. The third-order valence-corrected chi connectivity index (χ3v) is 5.42. The first-order valence-electron chi connectivity index (χ1n) is 10.2. The number of fused-ring (bicyclic) bond motifs is 1. The number of carbonyl (C=O) groups is 1. The Morgan fingerprint density at radius 1 is 0.968 bits per heavy atom. The van der Waals surface area contributed by atoms with Crippen LogP contribution in [0.5, 0.6) is 0 Å². The van der Waals surface area contributed by atoms with Crippen molar-refractivity contribution in [2.75, 3.05) is 0 Å². The van der Waals surface area contributed by atoms with Crippen LogP contribution in [0, 0.1) is 0 Å². The van der Waals surface area contributed by atoms with E-state index in [-0.39, 0.29) is 11.9 Å². The molecule has 1 atom stereocenters. The van der Waals surface area contributed by atoms with Crippen molar-refractivity contribution >= 4 is 16.9 Å². The van der Waals surface area contributed by atoms with Crippen molar-refractivity contribution in [3.63, 3.8) is 0 Å². The second-order valence-electron chi connectivity index (χ2n) is 7.42. The van der Waals surface area contributed by atoms with Gasteiger partial charge in [-0.3, -0.25) is 14.4 Å². The summed E-state index contributed by atoms with van der Waals surface area (Å²) in [6.45, 7) is 4.10. The predicted molar refractivity (Wildman–Crippen MR) is 122 cm³/mol. The second kappa shape index (κ2) is 8.44. The summed E-state index contributed by atoms with van der Waals surface area (Å²) in [5, 5.41) is 2.99. The summed E-state index contributed by atoms with van der Waals surface area (Å²) in [6, 6.07) is 22.9. The van der Waals surface area contributed by atoms with Crippen LogP contribution >= 0.6 is 0 Å². The highest BCUT2D eigenvalue weighted by Gasteiger charge is 2.14. The molecule has 1 amide bonds. The third kappa shape index (κ3) is 4.05. The average molecular weight is 413 g/mol. The van der Waals surface area contributed by atoms with Gasteiger partial charge in [0.1, 0.15) is 0 Å². The van der Waals surface area contributed by atoms with Gasteiger partial charge in [-0.15, -0.1) is 0 Å². The van der Waals surface area contributed by atoms with Gasteiger partial charge < -0.3 is 14.9 Å². The molecule has 4 aromatic rings. The van der Waals surface area contributed by atoms with Gasteiger partial charge in [0, 0.05) is 12.1 Å². The van der Waals surface area contributed by atoms with Gasteiger partial charge in [0.05, 0.1) is 17.1 Å². The molecule has 4 rings (SSSR count). The minimum atomic E-state index is -0.696. The van der Waals surface area contributed by atoms with Gasteiger partial charge in [-0.25, -0.2) is 0 Å². The van der Waals surface area contributed by atoms with Crippen LogP contribution in [0.2, 0.25) is 0 Å². The smallest absolute Gasteiger partial charge is 0.316 e. The second-order valence-corrected chi connectivity index (χ2v) is 7.42. The molecule has 0 fully saturated rings. The lowest BCUT2D eigenvalue weighted by molar-refractivity contribution is 0.0940. The van der Waals surface area contributed by atoms with Gasteiger partial charge in [0.2, 0.25) is 0 Å². The number of hydrogen-bond acceptors (Lipinski definition) is 3. The van der Waals surface area contributed by atoms with Gasteiger partial charge in [-0.05, 0) is 48.7 Å². The van der Waals surface area contributed by atoms with E-state index in [2.05, 4.69) is 22.4 Å². The Morgan fingerprint density at radius 3 is 2.32 bits per heavy atom. The molecule has 0 saturated heterocycles. The molecule has 0 radical (unpaired) electrons. The zero-order valence-electron chi connectivity index (χ0n) is 17.4. The summed E-state index contributed by atoms with van der Waals surface area (Å²) in [6.07, 6.45) is 0. The maximum absolute atomic E-state index is 12.8. The van der Waals surface area contributed by atoms with E-state index in [4.69, 9.17) is 0 Å². The lowest BCUT2D eigenvalue weighted by Gasteiger charge is -2.15. The summed E-state index contributed by atoms with van der Waals surface area (Å²) in [4.78, 5) is 39.2. The van der Waals surface area contributed by atoms with Crippen molar-refractivity contribution < 1.29 is 4.79 Å². The van der Waals surface area contributed by atoms with Crippen molar-refractivity contribution in [2.45, 2.75) is 26.4 Å². The third-order valence-electron chi connectivity index (χ3n) is 5.42. The number of aromatic amines is 1. The van der Waals surface area contributed by atoms with E-state index >= 15 is 0 Å². The monoisotopic (exact) mass is 413 g/mol. The first-order chi connectivity index (χ1) is 15.0. The van der Waals surface area contributed by atoms with Crippen LogP contribution in [-0.2, 0) is 6.54 Å². The summed E-state index contributed by atoms with van der Waals surface area (Å²) in [5.74, 6) is -0.253. The van der Waals surface area contributed by atoms with Crippen LogP contribution in [0.25, 0.3) is 22.2 Å². The zero-order valence-corrected chi connectivity index (χ0v) is 17.4. The van der Waals surface area contributed by atoms with Crippen LogP contribution in [-0.4, -0.2) is 15.5 Å². The summed E-state index contributed by atoms with van der Waals surface area (Å²) in [5.41, 5.74) is 3.41. The Balaban J connectivity index is 1.55. The summed E-state index contributed by atoms with van der Waals surface area (Å²) >= 11 is 0. The van der Waals surface area contributed by atoms with Gasteiger partial charge in [0.15, 0.2) is 0 Å². The molecular weight excluding hydrogens is 390 g/mol. The first kappa shape index (κ1) is 20.3. The number of hydrogen-bond donors (Lipinski definition) is 2. The van der Waals surface area contributed by atoms with E-state index in [0.717, 1.165) is 16.7 Å². The molecule has 6 heteroatoms. The topological polar surface area (TPSA) is 84.0 Å². The van der Waals surface area contributed by atoms with E-state index in [1.807, 2.05) is 49.4 Å². The molecule has 0 unspecified atom stereocenters. The van der Waals surface area contributed by atoms with Crippen LogP contribution < -0.4 is 16.4 Å². The number of carbonyl (C=O) groups excluding carboxylic acids is 1. The molecule has 1 aromatic heterocycles. The predicted octanol–water partition coefficient (Wildman–Crippen LogP) is 3.87. The van der Waals surface area contributed by atoms with Crippen molar-refractivity contribution in [3.8, 4) is 11.1 Å². The molecule has 0 aliphatic carbocycles. The molecule has 2 N–H and O–H groups in total. The lowest BCUT2D eigenvalue weighted by Crippen LogP contribution is -2.36. The minimum absolute atomic E-state index is 0.198.